The molecule has 0 radical (unpaired) electrons. The monoisotopic (exact) mass is 290 g/mol. The maximum atomic E-state index is 11.9. The second-order valence-corrected chi connectivity index (χ2v) is 5.03. The molecular weight excluding hydrogens is 269 g/mol. The van der Waals surface area contributed by atoms with Crippen LogP contribution in [0.25, 0.3) is 0 Å². The van der Waals surface area contributed by atoms with Gasteiger partial charge in [-0.2, -0.15) is 13.2 Å². The Bertz CT molecular complexity index is 259. The van der Waals surface area contributed by atoms with Gasteiger partial charge in [-0.1, -0.05) is 13.8 Å². The van der Waals surface area contributed by atoms with Gasteiger partial charge in [-0.15, -0.1) is 12.4 Å². The predicted molar refractivity (Wildman–Crippen MR) is 67.6 cm³/mol. The van der Waals surface area contributed by atoms with Gasteiger partial charge in [-0.3, -0.25) is 4.79 Å². The van der Waals surface area contributed by atoms with E-state index in [0.29, 0.717) is 12.3 Å². The molecule has 0 aliphatic carbocycles. The number of carbonyl (C=O) groups excluding carboxylic acids is 1. The van der Waals surface area contributed by atoms with E-state index in [-0.39, 0.29) is 19.0 Å². The lowest BCUT2D eigenvalue weighted by atomic mass is 9.90. The minimum atomic E-state index is -4.30. The number of rotatable bonds is 6. The predicted octanol–water partition coefficient (Wildman–Crippen LogP) is 2.63. The molecule has 0 saturated carbocycles. The number of hydrogen-bond acceptors (Lipinski definition) is 2. The molecule has 0 aromatic carbocycles. The number of hydrogen-bond donors (Lipinski definition) is 2. The highest BCUT2D eigenvalue weighted by Crippen LogP contribution is 2.22. The van der Waals surface area contributed by atoms with Crippen molar-refractivity contribution >= 4 is 18.3 Å². The van der Waals surface area contributed by atoms with Crippen LogP contribution in [0.5, 0.6) is 0 Å². The van der Waals surface area contributed by atoms with E-state index in [4.69, 9.17) is 5.73 Å². The van der Waals surface area contributed by atoms with Crippen molar-refractivity contribution < 1.29 is 18.0 Å². The van der Waals surface area contributed by atoms with Crippen LogP contribution in [0.4, 0.5) is 13.2 Å². The van der Waals surface area contributed by atoms with Crippen molar-refractivity contribution in [3.8, 4) is 0 Å². The Morgan fingerprint density at radius 1 is 1.33 bits per heavy atom. The maximum absolute atomic E-state index is 11.9. The summed E-state index contributed by atoms with van der Waals surface area (Å²) >= 11 is 0. The van der Waals surface area contributed by atoms with Gasteiger partial charge < -0.3 is 11.1 Å². The molecule has 0 fully saturated rings. The summed E-state index contributed by atoms with van der Waals surface area (Å²) < 4.78 is 35.8. The average molecular weight is 291 g/mol. The quantitative estimate of drug-likeness (QED) is 0.790. The third-order valence-corrected chi connectivity index (χ3v) is 2.39. The van der Waals surface area contributed by atoms with Crippen LogP contribution in [0.15, 0.2) is 0 Å². The fraction of sp³-hybridized carbons (Fsp3) is 0.909. The lowest BCUT2D eigenvalue weighted by Crippen LogP contribution is -2.52. The molecule has 110 valence electrons. The zero-order valence-corrected chi connectivity index (χ0v) is 11.8. The molecule has 0 aliphatic rings. The van der Waals surface area contributed by atoms with E-state index in [1.54, 1.807) is 6.92 Å². The Morgan fingerprint density at radius 3 is 2.17 bits per heavy atom. The second kappa shape index (κ2) is 7.84. The molecule has 18 heavy (non-hydrogen) atoms. The number of alkyl halides is 3. The zero-order valence-electron chi connectivity index (χ0n) is 10.9. The van der Waals surface area contributed by atoms with E-state index in [9.17, 15) is 18.0 Å². The SMILES string of the molecule is CC(C)CC(C)(CN)NC(=O)CCC(F)(F)F.Cl. The Kier molecular flexibility index (Phi) is 8.64. The number of halogens is 4. The number of nitrogens with one attached hydrogen (secondary N) is 1. The summed E-state index contributed by atoms with van der Waals surface area (Å²) in [6.07, 6.45) is -5.30. The molecule has 0 saturated heterocycles. The molecular formula is C11H22ClF3N2O. The van der Waals surface area contributed by atoms with Crippen molar-refractivity contribution in [2.45, 2.75) is 51.7 Å². The fourth-order valence-corrected chi connectivity index (χ4v) is 1.74. The van der Waals surface area contributed by atoms with Gasteiger partial charge in [0, 0.05) is 18.5 Å². The van der Waals surface area contributed by atoms with E-state index in [0.717, 1.165) is 0 Å². The first-order valence-corrected chi connectivity index (χ1v) is 5.66. The second-order valence-electron chi connectivity index (χ2n) is 5.03. The molecule has 0 heterocycles. The molecule has 1 atom stereocenters. The molecule has 3 N–H and O–H groups in total. The molecule has 0 spiro atoms. The van der Waals surface area contributed by atoms with Crippen molar-refractivity contribution in [2.24, 2.45) is 11.7 Å². The van der Waals surface area contributed by atoms with E-state index in [2.05, 4.69) is 5.32 Å². The fourth-order valence-electron chi connectivity index (χ4n) is 1.74. The van der Waals surface area contributed by atoms with E-state index in [1.165, 1.54) is 0 Å². The lowest BCUT2D eigenvalue weighted by Gasteiger charge is -2.31. The number of nitrogens with two attached hydrogens (primary N) is 1. The zero-order chi connectivity index (χ0) is 13.7. The van der Waals surface area contributed by atoms with Crippen LogP contribution in [0, 0.1) is 5.92 Å². The summed E-state index contributed by atoms with van der Waals surface area (Å²) in [6.45, 7) is 5.90. The minimum Gasteiger partial charge on any atom is -0.350 e. The number of carbonyl (C=O) groups is 1. The van der Waals surface area contributed by atoms with Gasteiger partial charge in [0.05, 0.1) is 6.42 Å². The van der Waals surface area contributed by atoms with Crippen molar-refractivity contribution in [3.63, 3.8) is 0 Å². The molecule has 0 bridgehead atoms. The van der Waals surface area contributed by atoms with Crippen molar-refractivity contribution in [2.75, 3.05) is 6.54 Å². The van der Waals surface area contributed by atoms with Gasteiger partial charge >= 0.3 is 6.18 Å². The first-order chi connectivity index (χ1) is 7.58. The van der Waals surface area contributed by atoms with Crippen molar-refractivity contribution in [1.82, 2.24) is 5.32 Å². The van der Waals surface area contributed by atoms with Crippen LogP contribution < -0.4 is 11.1 Å². The first-order valence-electron chi connectivity index (χ1n) is 5.66. The van der Waals surface area contributed by atoms with Crippen LogP contribution in [0.3, 0.4) is 0 Å². The standard InChI is InChI=1S/C11H21F3N2O.ClH/c1-8(2)6-10(3,7-15)16-9(17)4-5-11(12,13)14;/h8H,4-7,15H2,1-3H3,(H,16,17);1H. The van der Waals surface area contributed by atoms with Crippen LogP contribution in [0.1, 0.15) is 40.0 Å². The maximum Gasteiger partial charge on any atom is 0.389 e. The Labute approximate surface area is 112 Å². The Hall–Kier alpha value is -0.490. The molecule has 1 amide bonds. The third kappa shape index (κ3) is 9.53. The molecule has 3 nitrogen and oxygen atoms in total. The van der Waals surface area contributed by atoms with Crippen LogP contribution >= 0.6 is 12.4 Å². The first kappa shape index (κ1) is 19.8. The van der Waals surface area contributed by atoms with Crippen LogP contribution in [0.2, 0.25) is 0 Å². The Morgan fingerprint density at radius 2 is 1.83 bits per heavy atom. The summed E-state index contributed by atoms with van der Waals surface area (Å²) in [6, 6.07) is 0. The topological polar surface area (TPSA) is 55.1 Å². The van der Waals surface area contributed by atoms with Gasteiger partial charge in [-0.05, 0) is 19.3 Å². The van der Waals surface area contributed by atoms with Crippen molar-refractivity contribution in [1.29, 1.82) is 0 Å². The smallest absolute Gasteiger partial charge is 0.350 e. The van der Waals surface area contributed by atoms with Crippen LogP contribution in [-0.2, 0) is 4.79 Å². The van der Waals surface area contributed by atoms with Crippen molar-refractivity contribution in [3.05, 3.63) is 0 Å². The summed E-state index contributed by atoms with van der Waals surface area (Å²) in [5.74, 6) is -0.289. The van der Waals surface area contributed by atoms with Crippen LogP contribution in [-0.4, -0.2) is 24.2 Å². The molecule has 0 aromatic rings. The third-order valence-electron chi connectivity index (χ3n) is 2.39. The summed E-state index contributed by atoms with van der Waals surface area (Å²) in [5.41, 5.74) is 4.92. The van der Waals surface area contributed by atoms with Gasteiger partial charge in [0.15, 0.2) is 0 Å². The molecule has 0 aromatic heterocycles. The number of amides is 1. The normalized spacial score (nSPS) is 14.9. The van der Waals surface area contributed by atoms with E-state index >= 15 is 0 Å². The van der Waals surface area contributed by atoms with Gasteiger partial charge in [0.25, 0.3) is 0 Å². The molecule has 7 heteroatoms. The highest BCUT2D eigenvalue weighted by atomic mass is 35.5. The minimum absolute atomic E-state index is 0. The molecule has 1 unspecified atom stereocenters. The molecule has 0 aliphatic heterocycles. The van der Waals surface area contributed by atoms with Gasteiger partial charge in [-0.25, -0.2) is 0 Å². The van der Waals surface area contributed by atoms with Gasteiger partial charge in [0.2, 0.25) is 5.91 Å². The largest absolute Gasteiger partial charge is 0.389 e. The summed E-state index contributed by atoms with van der Waals surface area (Å²) in [4.78, 5) is 11.4. The molecule has 0 rings (SSSR count). The van der Waals surface area contributed by atoms with E-state index < -0.39 is 30.5 Å². The van der Waals surface area contributed by atoms with E-state index in [1.807, 2.05) is 13.8 Å². The van der Waals surface area contributed by atoms with Gasteiger partial charge in [0.1, 0.15) is 0 Å². The summed E-state index contributed by atoms with van der Waals surface area (Å²) in [5, 5.41) is 2.58. The highest BCUT2D eigenvalue weighted by molar-refractivity contribution is 5.85. The Balaban J connectivity index is 0. The highest BCUT2D eigenvalue weighted by Gasteiger charge is 2.30. The lowest BCUT2D eigenvalue weighted by molar-refractivity contribution is -0.144. The summed E-state index contributed by atoms with van der Waals surface area (Å²) in [7, 11) is 0. The average Bonchev–Trinajstić information content (AvgIpc) is 2.12.